The maximum atomic E-state index is 12.2. The van der Waals surface area contributed by atoms with Gasteiger partial charge in [0.05, 0.1) is 19.8 Å². The van der Waals surface area contributed by atoms with Gasteiger partial charge in [-0.15, -0.1) is 0 Å². The van der Waals surface area contributed by atoms with Gasteiger partial charge in [0.25, 0.3) is 0 Å². The van der Waals surface area contributed by atoms with Crippen LogP contribution in [0.25, 0.3) is 0 Å². The Morgan fingerprint density at radius 2 is 1.75 bits per heavy atom. The van der Waals surface area contributed by atoms with Crippen molar-refractivity contribution in [3.05, 3.63) is 0 Å². The van der Waals surface area contributed by atoms with Crippen LogP contribution in [-0.2, 0) is 19.1 Å². The summed E-state index contributed by atoms with van der Waals surface area (Å²) in [4.78, 5) is 22.5. The lowest BCUT2D eigenvalue weighted by molar-refractivity contribution is -0.174. The fourth-order valence-electron chi connectivity index (χ4n) is 2.53. The Morgan fingerprint density at radius 1 is 1.08 bits per heavy atom. The van der Waals surface area contributed by atoms with Crippen LogP contribution in [0.4, 0.5) is 13.2 Å². The number of amides is 2. The van der Waals surface area contributed by atoms with Crippen LogP contribution in [0.2, 0.25) is 0 Å². The number of alkyl halides is 3. The highest BCUT2D eigenvalue weighted by molar-refractivity contribution is 5.81. The quantitative estimate of drug-likeness (QED) is 0.614. The molecule has 0 aromatic carbocycles. The molecular formula is C15H25F3N2O4. The van der Waals surface area contributed by atoms with Gasteiger partial charge in [0.2, 0.25) is 5.91 Å². The lowest BCUT2D eigenvalue weighted by Gasteiger charge is -2.29. The second-order valence-electron chi connectivity index (χ2n) is 5.85. The standard InChI is InChI=1S/C15H25F3N2O4/c1-23-8-9-24-7-6-13(21)19-10-11-2-4-12(5-3-11)20-14(22)15(16,17)18/h11-12H,2-10H2,1H3,(H,19,21)(H,20,22). The number of nitrogens with one attached hydrogen (secondary N) is 2. The summed E-state index contributed by atoms with van der Waals surface area (Å²) in [6.45, 7) is 1.75. The minimum Gasteiger partial charge on any atom is -0.382 e. The molecule has 0 atom stereocenters. The molecule has 0 aliphatic heterocycles. The summed E-state index contributed by atoms with van der Waals surface area (Å²) in [5.74, 6) is -1.77. The number of hydrogen-bond donors (Lipinski definition) is 2. The van der Waals surface area contributed by atoms with E-state index in [9.17, 15) is 22.8 Å². The van der Waals surface area contributed by atoms with E-state index in [4.69, 9.17) is 9.47 Å². The molecule has 1 rings (SSSR count). The Morgan fingerprint density at radius 3 is 2.33 bits per heavy atom. The van der Waals surface area contributed by atoms with E-state index in [1.54, 1.807) is 7.11 Å². The summed E-state index contributed by atoms with van der Waals surface area (Å²) < 4.78 is 46.6. The van der Waals surface area contributed by atoms with Crippen LogP contribution in [0.5, 0.6) is 0 Å². The predicted molar refractivity (Wildman–Crippen MR) is 80.3 cm³/mol. The predicted octanol–water partition coefficient (Wildman–Crippen LogP) is 1.39. The van der Waals surface area contributed by atoms with Gasteiger partial charge in [0.1, 0.15) is 0 Å². The maximum absolute atomic E-state index is 12.2. The van der Waals surface area contributed by atoms with Gasteiger partial charge in [-0.2, -0.15) is 13.2 Å². The van der Waals surface area contributed by atoms with Gasteiger partial charge in [-0.1, -0.05) is 0 Å². The van der Waals surface area contributed by atoms with Crippen molar-refractivity contribution in [3.8, 4) is 0 Å². The summed E-state index contributed by atoms with van der Waals surface area (Å²) in [6.07, 6.45) is -2.25. The van der Waals surface area contributed by atoms with E-state index in [1.807, 2.05) is 5.32 Å². The van der Waals surface area contributed by atoms with Gasteiger partial charge < -0.3 is 20.1 Å². The molecule has 0 aromatic heterocycles. The normalized spacial score (nSPS) is 21.3. The third-order valence-electron chi connectivity index (χ3n) is 3.93. The van der Waals surface area contributed by atoms with Crippen LogP contribution in [0.3, 0.4) is 0 Å². The molecule has 24 heavy (non-hydrogen) atoms. The molecule has 1 saturated carbocycles. The van der Waals surface area contributed by atoms with Gasteiger partial charge in [-0.05, 0) is 31.6 Å². The van der Waals surface area contributed by atoms with Gasteiger partial charge in [0.15, 0.2) is 0 Å². The number of hydrogen-bond acceptors (Lipinski definition) is 4. The van der Waals surface area contributed by atoms with Crippen molar-refractivity contribution >= 4 is 11.8 Å². The van der Waals surface area contributed by atoms with Crippen LogP contribution in [0.1, 0.15) is 32.1 Å². The summed E-state index contributed by atoms with van der Waals surface area (Å²) in [7, 11) is 1.57. The minimum atomic E-state index is -4.84. The number of ether oxygens (including phenoxy) is 2. The van der Waals surface area contributed by atoms with E-state index in [2.05, 4.69) is 5.32 Å². The van der Waals surface area contributed by atoms with E-state index >= 15 is 0 Å². The number of halogens is 3. The van der Waals surface area contributed by atoms with Crippen molar-refractivity contribution < 1.29 is 32.2 Å². The molecule has 1 aliphatic rings. The number of carbonyl (C=O) groups excluding carboxylic acids is 2. The number of methoxy groups -OCH3 is 1. The van der Waals surface area contributed by atoms with Crippen molar-refractivity contribution in [2.45, 2.75) is 44.3 Å². The first-order valence-electron chi connectivity index (χ1n) is 8.04. The molecule has 0 spiro atoms. The van der Waals surface area contributed by atoms with Gasteiger partial charge >= 0.3 is 12.1 Å². The van der Waals surface area contributed by atoms with Crippen molar-refractivity contribution in [1.82, 2.24) is 10.6 Å². The SMILES string of the molecule is COCCOCCC(=O)NCC1CCC(NC(=O)C(F)(F)F)CC1. The van der Waals surface area contributed by atoms with Crippen LogP contribution in [0, 0.1) is 5.92 Å². The third-order valence-corrected chi connectivity index (χ3v) is 3.93. The highest BCUT2D eigenvalue weighted by atomic mass is 19.4. The molecular weight excluding hydrogens is 329 g/mol. The van der Waals surface area contributed by atoms with Gasteiger partial charge in [-0.3, -0.25) is 9.59 Å². The topological polar surface area (TPSA) is 76.7 Å². The molecule has 9 heteroatoms. The Hall–Kier alpha value is -1.35. The molecule has 0 aromatic rings. The Bertz CT molecular complexity index is 397. The Balaban J connectivity index is 2.11. The highest BCUT2D eigenvalue weighted by Gasteiger charge is 2.40. The summed E-state index contributed by atoms with van der Waals surface area (Å²) in [6, 6.07) is -0.444. The largest absolute Gasteiger partial charge is 0.471 e. The van der Waals surface area contributed by atoms with E-state index in [0.29, 0.717) is 52.0 Å². The average Bonchev–Trinajstić information content (AvgIpc) is 2.53. The van der Waals surface area contributed by atoms with Crippen molar-refractivity contribution in [1.29, 1.82) is 0 Å². The highest BCUT2D eigenvalue weighted by Crippen LogP contribution is 2.25. The second-order valence-corrected chi connectivity index (χ2v) is 5.85. The first-order chi connectivity index (χ1) is 11.3. The Labute approximate surface area is 139 Å². The van der Waals surface area contributed by atoms with Crippen molar-refractivity contribution in [2.24, 2.45) is 5.92 Å². The number of rotatable bonds is 9. The molecule has 0 radical (unpaired) electrons. The van der Waals surface area contributed by atoms with Crippen molar-refractivity contribution in [2.75, 3.05) is 33.5 Å². The molecule has 0 unspecified atom stereocenters. The molecule has 1 fully saturated rings. The van der Waals surface area contributed by atoms with E-state index in [1.165, 1.54) is 0 Å². The van der Waals surface area contributed by atoms with Gasteiger partial charge in [0, 0.05) is 26.1 Å². The summed E-state index contributed by atoms with van der Waals surface area (Å²) in [5.41, 5.74) is 0. The van der Waals surface area contributed by atoms with Gasteiger partial charge in [-0.25, -0.2) is 0 Å². The molecule has 140 valence electrons. The molecule has 0 bridgehead atoms. The zero-order chi connectivity index (χ0) is 18.0. The van der Waals surface area contributed by atoms with Crippen LogP contribution < -0.4 is 10.6 Å². The average molecular weight is 354 g/mol. The molecule has 1 aliphatic carbocycles. The van der Waals surface area contributed by atoms with Crippen LogP contribution in [0.15, 0.2) is 0 Å². The van der Waals surface area contributed by atoms with Crippen LogP contribution in [-0.4, -0.2) is 57.5 Å². The zero-order valence-corrected chi connectivity index (χ0v) is 13.8. The van der Waals surface area contributed by atoms with E-state index < -0.39 is 18.1 Å². The smallest absolute Gasteiger partial charge is 0.382 e. The first kappa shape index (κ1) is 20.7. The minimum absolute atomic E-state index is 0.111. The fraction of sp³-hybridized carbons (Fsp3) is 0.867. The third kappa shape index (κ3) is 8.49. The molecule has 0 heterocycles. The molecule has 0 saturated heterocycles. The maximum Gasteiger partial charge on any atom is 0.471 e. The lowest BCUT2D eigenvalue weighted by Crippen LogP contribution is -2.45. The molecule has 2 amide bonds. The second kappa shape index (κ2) is 10.5. The van der Waals surface area contributed by atoms with E-state index in [-0.39, 0.29) is 18.2 Å². The Kier molecular flexibility index (Phi) is 9.05. The monoisotopic (exact) mass is 354 g/mol. The van der Waals surface area contributed by atoms with E-state index in [0.717, 1.165) is 0 Å². The first-order valence-corrected chi connectivity index (χ1v) is 8.04. The summed E-state index contributed by atoms with van der Waals surface area (Å²) >= 11 is 0. The number of carbonyl (C=O) groups is 2. The zero-order valence-electron chi connectivity index (χ0n) is 13.8. The molecule has 6 nitrogen and oxygen atoms in total. The van der Waals surface area contributed by atoms with Crippen LogP contribution >= 0.6 is 0 Å². The lowest BCUT2D eigenvalue weighted by atomic mass is 9.86. The fourth-order valence-corrected chi connectivity index (χ4v) is 2.53. The summed E-state index contributed by atoms with van der Waals surface area (Å²) in [5, 5.41) is 4.82. The molecule has 2 N–H and O–H groups in total. The van der Waals surface area contributed by atoms with Crippen molar-refractivity contribution in [3.63, 3.8) is 0 Å².